The van der Waals surface area contributed by atoms with Gasteiger partial charge in [0.25, 0.3) is 0 Å². The second-order valence-electron chi connectivity index (χ2n) is 9.77. The molecular formula is C25H53N3. The summed E-state index contributed by atoms with van der Waals surface area (Å²) in [6, 6.07) is 0. The molecule has 0 atom stereocenters. The summed E-state index contributed by atoms with van der Waals surface area (Å²) in [6.07, 6.45) is 9.81. The molecule has 0 aromatic rings. The predicted molar refractivity (Wildman–Crippen MR) is 126 cm³/mol. The summed E-state index contributed by atoms with van der Waals surface area (Å²) in [5.41, 5.74) is 1.26. The third-order valence-corrected chi connectivity index (χ3v) is 8.12. The topological polar surface area (TPSA) is 9.72 Å². The molecule has 1 saturated heterocycles. The van der Waals surface area contributed by atoms with Gasteiger partial charge in [0, 0.05) is 26.2 Å². The van der Waals surface area contributed by atoms with Crippen LogP contribution in [0.3, 0.4) is 0 Å². The van der Waals surface area contributed by atoms with E-state index in [0.717, 1.165) is 11.3 Å². The molecule has 1 heterocycles. The van der Waals surface area contributed by atoms with Gasteiger partial charge in [-0.15, -0.1) is 0 Å². The minimum absolute atomic E-state index is 0.531. The molecular weight excluding hydrogens is 342 g/mol. The van der Waals surface area contributed by atoms with E-state index in [-0.39, 0.29) is 0 Å². The fourth-order valence-electron chi connectivity index (χ4n) is 5.55. The van der Waals surface area contributed by atoms with Gasteiger partial charge in [-0.2, -0.15) is 0 Å². The van der Waals surface area contributed by atoms with Crippen LogP contribution in [0.1, 0.15) is 86.5 Å². The third-order valence-electron chi connectivity index (χ3n) is 8.12. The Labute approximate surface area is 178 Å². The fraction of sp³-hybridized carbons (Fsp3) is 1.00. The zero-order valence-electron chi connectivity index (χ0n) is 20.8. The first-order chi connectivity index (χ1) is 13.4. The molecule has 1 aliphatic heterocycles. The molecule has 0 amide bonds. The Kier molecular flexibility index (Phi) is 11.6. The van der Waals surface area contributed by atoms with Crippen LogP contribution in [-0.4, -0.2) is 74.6 Å². The molecule has 0 N–H and O–H groups in total. The van der Waals surface area contributed by atoms with Crippen molar-refractivity contribution >= 4 is 0 Å². The van der Waals surface area contributed by atoms with Crippen LogP contribution in [0.25, 0.3) is 0 Å². The van der Waals surface area contributed by atoms with E-state index in [1.54, 1.807) is 0 Å². The minimum atomic E-state index is 0.531. The Hall–Kier alpha value is -0.120. The Bertz CT molecular complexity index is 380. The fourth-order valence-corrected chi connectivity index (χ4v) is 5.55. The van der Waals surface area contributed by atoms with Crippen molar-refractivity contribution < 1.29 is 0 Å². The maximum absolute atomic E-state index is 2.70. The minimum Gasteiger partial charge on any atom is -0.306 e. The van der Waals surface area contributed by atoms with E-state index in [1.165, 1.54) is 90.8 Å². The first-order valence-corrected chi connectivity index (χ1v) is 12.5. The van der Waals surface area contributed by atoms with E-state index >= 15 is 0 Å². The van der Waals surface area contributed by atoms with E-state index < -0.39 is 0 Å². The van der Waals surface area contributed by atoms with Gasteiger partial charge in [-0.05, 0) is 95.4 Å². The highest BCUT2D eigenvalue weighted by molar-refractivity contribution is 4.97. The summed E-state index contributed by atoms with van der Waals surface area (Å²) in [5.74, 6) is 0.958. The van der Waals surface area contributed by atoms with Crippen LogP contribution in [0.5, 0.6) is 0 Å². The summed E-state index contributed by atoms with van der Waals surface area (Å²) >= 11 is 0. The van der Waals surface area contributed by atoms with E-state index in [1.807, 2.05) is 13.8 Å². The van der Waals surface area contributed by atoms with Gasteiger partial charge in [-0.25, -0.2) is 0 Å². The second-order valence-corrected chi connectivity index (χ2v) is 9.77. The second kappa shape index (κ2) is 12.5. The lowest BCUT2D eigenvalue weighted by molar-refractivity contribution is -0.0188. The highest BCUT2D eigenvalue weighted by Crippen LogP contribution is 2.52. The van der Waals surface area contributed by atoms with Crippen LogP contribution in [-0.2, 0) is 0 Å². The summed E-state index contributed by atoms with van der Waals surface area (Å²) in [7, 11) is 4.63. The van der Waals surface area contributed by atoms with Crippen LogP contribution >= 0.6 is 0 Å². The van der Waals surface area contributed by atoms with Gasteiger partial charge in [0.1, 0.15) is 0 Å². The molecule has 0 aromatic heterocycles. The standard InChI is InChI=1S/C23H47N3.C2H6/c1-7-22(8-2,9-3)20-26(10-4)16-15-25(6)19-21-17-23(18-21)11-13-24(5)14-12-23;1-2/h21H,7-20H2,1-6H3;1-2H3. The predicted octanol–water partition coefficient (Wildman–Crippen LogP) is 5.60. The van der Waals surface area contributed by atoms with E-state index in [0.29, 0.717) is 5.41 Å². The largest absolute Gasteiger partial charge is 0.306 e. The number of piperidine rings is 1. The molecule has 2 aliphatic rings. The highest BCUT2D eigenvalue weighted by atomic mass is 15.2. The van der Waals surface area contributed by atoms with Crippen molar-refractivity contribution in [1.29, 1.82) is 0 Å². The number of nitrogens with zero attached hydrogens (tertiary/aromatic N) is 3. The Morgan fingerprint density at radius 3 is 1.93 bits per heavy atom. The number of hydrogen-bond donors (Lipinski definition) is 0. The van der Waals surface area contributed by atoms with Gasteiger partial charge in [0.2, 0.25) is 0 Å². The average molecular weight is 396 g/mol. The number of likely N-dealkylation sites (tertiary alicyclic amines) is 1. The van der Waals surface area contributed by atoms with Crippen LogP contribution in [0.4, 0.5) is 0 Å². The Balaban J connectivity index is 0.00000190. The van der Waals surface area contributed by atoms with E-state index in [9.17, 15) is 0 Å². The Morgan fingerprint density at radius 1 is 0.929 bits per heavy atom. The normalized spacial score (nSPS) is 20.4. The molecule has 0 unspecified atom stereocenters. The monoisotopic (exact) mass is 395 g/mol. The SMILES string of the molecule is CC.CCN(CCN(C)CC1CC2(CCN(C)CC2)C1)CC(CC)(CC)CC. The lowest BCUT2D eigenvalue weighted by atomic mass is 9.57. The van der Waals surface area contributed by atoms with Crippen molar-refractivity contribution in [3.05, 3.63) is 0 Å². The van der Waals surface area contributed by atoms with Crippen LogP contribution in [0, 0.1) is 16.7 Å². The van der Waals surface area contributed by atoms with Gasteiger partial charge in [-0.1, -0.05) is 41.5 Å². The first kappa shape index (κ1) is 25.9. The molecule has 3 nitrogen and oxygen atoms in total. The van der Waals surface area contributed by atoms with Crippen molar-refractivity contribution in [3.63, 3.8) is 0 Å². The van der Waals surface area contributed by atoms with Gasteiger partial charge in [0.05, 0.1) is 0 Å². The Morgan fingerprint density at radius 2 is 1.46 bits per heavy atom. The zero-order valence-corrected chi connectivity index (χ0v) is 20.8. The van der Waals surface area contributed by atoms with E-state index in [2.05, 4.69) is 56.5 Å². The van der Waals surface area contributed by atoms with Crippen molar-refractivity contribution in [2.45, 2.75) is 86.5 Å². The van der Waals surface area contributed by atoms with Crippen LogP contribution in [0.15, 0.2) is 0 Å². The molecule has 3 heteroatoms. The quantitative estimate of drug-likeness (QED) is 0.450. The van der Waals surface area contributed by atoms with Crippen LogP contribution < -0.4 is 0 Å². The van der Waals surface area contributed by atoms with E-state index in [4.69, 9.17) is 0 Å². The molecule has 28 heavy (non-hydrogen) atoms. The number of likely N-dealkylation sites (N-methyl/N-ethyl adjacent to an activating group) is 2. The molecule has 168 valence electrons. The summed E-state index contributed by atoms with van der Waals surface area (Å²) < 4.78 is 0. The summed E-state index contributed by atoms with van der Waals surface area (Å²) in [5, 5.41) is 0. The smallest absolute Gasteiger partial charge is 0.0109 e. The summed E-state index contributed by atoms with van der Waals surface area (Å²) in [4.78, 5) is 7.82. The molecule has 1 saturated carbocycles. The molecule has 0 aromatic carbocycles. The van der Waals surface area contributed by atoms with Crippen molar-refractivity contribution in [3.8, 4) is 0 Å². The molecule has 0 radical (unpaired) electrons. The maximum Gasteiger partial charge on any atom is 0.0109 e. The van der Waals surface area contributed by atoms with Gasteiger partial charge in [-0.3, -0.25) is 0 Å². The number of hydrogen-bond acceptors (Lipinski definition) is 3. The lowest BCUT2D eigenvalue weighted by Crippen LogP contribution is -2.49. The first-order valence-electron chi connectivity index (χ1n) is 12.5. The number of rotatable bonds is 11. The molecule has 2 rings (SSSR count). The highest BCUT2D eigenvalue weighted by Gasteiger charge is 2.45. The van der Waals surface area contributed by atoms with Crippen molar-refractivity contribution in [2.24, 2.45) is 16.7 Å². The van der Waals surface area contributed by atoms with Crippen molar-refractivity contribution in [2.75, 3.05) is 59.9 Å². The molecule has 2 fully saturated rings. The maximum atomic E-state index is 2.70. The van der Waals surface area contributed by atoms with Crippen molar-refractivity contribution in [1.82, 2.24) is 14.7 Å². The lowest BCUT2D eigenvalue weighted by Gasteiger charge is -2.52. The van der Waals surface area contributed by atoms with Gasteiger partial charge < -0.3 is 14.7 Å². The van der Waals surface area contributed by atoms with Crippen LogP contribution in [0.2, 0.25) is 0 Å². The molecule has 1 spiro atoms. The average Bonchev–Trinajstić information content (AvgIpc) is 2.71. The van der Waals surface area contributed by atoms with Gasteiger partial charge >= 0.3 is 0 Å². The molecule has 1 aliphatic carbocycles. The van der Waals surface area contributed by atoms with Gasteiger partial charge in [0.15, 0.2) is 0 Å². The summed E-state index contributed by atoms with van der Waals surface area (Å²) in [6.45, 7) is 22.4. The zero-order chi connectivity index (χ0) is 21.2. The third kappa shape index (κ3) is 7.29. The molecule has 0 bridgehead atoms.